The predicted molar refractivity (Wildman–Crippen MR) is 101 cm³/mol. The minimum Gasteiger partial charge on any atom is -0.464 e. The minimum atomic E-state index is -0.272. The Morgan fingerprint density at radius 3 is 2.54 bits per heavy atom. The summed E-state index contributed by atoms with van der Waals surface area (Å²) in [4.78, 5) is 4.11. The van der Waals surface area contributed by atoms with E-state index in [0.29, 0.717) is 5.02 Å². The van der Waals surface area contributed by atoms with Crippen molar-refractivity contribution in [3.8, 4) is 5.75 Å². The average molecular weight is 362 g/mol. The lowest BCUT2D eigenvalue weighted by molar-refractivity contribution is -0.0190. The molecular weight excluding hydrogens is 346 g/mol. The highest BCUT2D eigenvalue weighted by atomic mass is 35.5. The third kappa shape index (κ3) is 2.54. The molecule has 0 spiro atoms. The van der Waals surface area contributed by atoms with Crippen LogP contribution in [0.1, 0.15) is 35.4 Å². The van der Waals surface area contributed by atoms with Crippen LogP contribution >= 0.6 is 11.6 Å². The summed E-state index contributed by atoms with van der Waals surface area (Å²) in [5.41, 5.74) is 4.36. The summed E-state index contributed by atoms with van der Waals surface area (Å²) >= 11 is 6.06. The Labute approximate surface area is 156 Å². The molecule has 2 unspecified atom stereocenters. The summed E-state index contributed by atoms with van der Waals surface area (Å²) in [6.07, 6.45) is 4.17. The van der Waals surface area contributed by atoms with E-state index in [0.717, 1.165) is 29.0 Å². The van der Waals surface area contributed by atoms with Crippen molar-refractivity contribution in [1.29, 1.82) is 0 Å². The van der Waals surface area contributed by atoms with Crippen molar-refractivity contribution in [2.45, 2.75) is 18.7 Å². The maximum absolute atomic E-state index is 6.32. The van der Waals surface area contributed by atoms with Crippen molar-refractivity contribution in [2.75, 3.05) is 0 Å². The Balaban J connectivity index is 1.60. The number of rotatable bonds is 2. The van der Waals surface area contributed by atoms with E-state index in [2.05, 4.69) is 16.1 Å². The number of hydrogen-bond acceptors (Lipinski definition) is 4. The molecule has 5 heteroatoms. The molecule has 26 heavy (non-hydrogen) atoms. The number of pyridine rings is 1. The molecular formula is C21H16ClN3O. The van der Waals surface area contributed by atoms with Gasteiger partial charge >= 0.3 is 0 Å². The van der Waals surface area contributed by atoms with Gasteiger partial charge in [-0.1, -0.05) is 41.9 Å². The standard InChI is InChI=1S/C21H16ClN3O/c22-16-7-5-15(6-8-16)21-25-19(17-3-1-2-4-20(17)26-21)13-18(24-25)14-9-11-23-12-10-14/h1-12,19,21H,13H2. The molecule has 3 heterocycles. The quantitative estimate of drug-likeness (QED) is 0.646. The fraction of sp³-hybridized carbons (Fsp3) is 0.143. The van der Waals surface area contributed by atoms with E-state index >= 15 is 0 Å². The first-order valence-corrected chi connectivity index (χ1v) is 8.95. The van der Waals surface area contributed by atoms with Crippen LogP contribution in [0, 0.1) is 0 Å². The van der Waals surface area contributed by atoms with E-state index in [1.165, 1.54) is 5.56 Å². The molecule has 1 aromatic heterocycles. The Bertz CT molecular complexity index is 972. The second-order valence-corrected chi connectivity index (χ2v) is 6.88. The highest BCUT2D eigenvalue weighted by molar-refractivity contribution is 6.30. The number of halogens is 1. The molecule has 0 radical (unpaired) electrons. The SMILES string of the molecule is Clc1ccc(C2Oc3ccccc3C3CC(c4ccncc4)=NN32)cc1. The Morgan fingerprint density at radius 1 is 0.962 bits per heavy atom. The largest absolute Gasteiger partial charge is 0.464 e. The van der Waals surface area contributed by atoms with Gasteiger partial charge in [0.2, 0.25) is 6.23 Å². The topological polar surface area (TPSA) is 37.7 Å². The van der Waals surface area contributed by atoms with Crippen molar-refractivity contribution in [3.63, 3.8) is 0 Å². The Hall–Kier alpha value is -2.85. The van der Waals surface area contributed by atoms with E-state index in [4.69, 9.17) is 21.4 Å². The first-order valence-electron chi connectivity index (χ1n) is 8.57. The lowest BCUT2D eigenvalue weighted by Crippen LogP contribution is -2.33. The molecule has 0 aliphatic carbocycles. The summed E-state index contributed by atoms with van der Waals surface area (Å²) < 4.78 is 6.32. The van der Waals surface area contributed by atoms with Gasteiger partial charge in [0.1, 0.15) is 5.75 Å². The lowest BCUT2D eigenvalue weighted by Gasteiger charge is -2.38. The number of hydrazone groups is 1. The van der Waals surface area contributed by atoms with Gasteiger partial charge in [-0.2, -0.15) is 5.10 Å². The fourth-order valence-electron chi connectivity index (χ4n) is 3.60. The molecule has 2 aliphatic heterocycles. The number of fused-ring (bicyclic) bond motifs is 3. The maximum atomic E-state index is 6.32. The second-order valence-electron chi connectivity index (χ2n) is 6.44. The van der Waals surface area contributed by atoms with Crippen LogP contribution in [0.4, 0.5) is 0 Å². The van der Waals surface area contributed by atoms with Crippen LogP contribution in [0.2, 0.25) is 5.02 Å². The third-order valence-corrected chi connectivity index (χ3v) is 5.12. The monoisotopic (exact) mass is 361 g/mol. The van der Waals surface area contributed by atoms with Crippen molar-refractivity contribution in [3.05, 3.63) is 94.8 Å². The van der Waals surface area contributed by atoms with Crippen molar-refractivity contribution >= 4 is 17.3 Å². The molecule has 0 N–H and O–H groups in total. The minimum absolute atomic E-state index is 0.156. The molecule has 0 amide bonds. The average Bonchev–Trinajstić information content (AvgIpc) is 3.14. The van der Waals surface area contributed by atoms with Crippen LogP contribution in [0.25, 0.3) is 0 Å². The summed E-state index contributed by atoms with van der Waals surface area (Å²) in [7, 11) is 0. The number of aromatic nitrogens is 1. The highest BCUT2D eigenvalue weighted by Crippen LogP contribution is 2.47. The van der Waals surface area contributed by atoms with Gasteiger partial charge in [-0.05, 0) is 30.3 Å². The number of para-hydroxylation sites is 1. The molecule has 0 fully saturated rings. The van der Waals surface area contributed by atoms with Gasteiger partial charge in [0.25, 0.3) is 0 Å². The van der Waals surface area contributed by atoms with Gasteiger partial charge in [0, 0.05) is 40.5 Å². The molecule has 0 saturated carbocycles. The first-order chi connectivity index (χ1) is 12.8. The van der Waals surface area contributed by atoms with Gasteiger partial charge in [-0.15, -0.1) is 0 Å². The molecule has 0 saturated heterocycles. The summed E-state index contributed by atoms with van der Waals surface area (Å²) in [6.45, 7) is 0. The highest BCUT2D eigenvalue weighted by Gasteiger charge is 2.40. The smallest absolute Gasteiger partial charge is 0.213 e. The zero-order valence-electron chi connectivity index (χ0n) is 13.9. The molecule has 2 aliphatic rings. The van der Waals surface area contributed by atoms with Crippen LogP contribution in [-0.4, -0.2) is 15.7 Å². The Morgan fingerprint density at radius 2 is 1.73 bits per heavy atom. The molecule has 3 aromatic rings. The number of benzene rings is 2. The molecule has 5 rings (SSSR count). The van der Waals surface area contributed by atoms with Gasteiger partial charge in [0.05, 0.1) is 11.8 Å². The van der Waals surface area contributed by atoms with Crippen LogP contribution in [-0.2, 0) is 0 Å². The molecule has 2 atom stereocenters. The summed E-state index contributed by atoms with van der Waals surface area (Å²) in [5, 5.41) is 7.71. The van der Waals surface area contributed by atoms with E-state index in [-0.39, 0.29) is 12.3 Å². The maximum Gasteiger partial charge on any atom is 0.213 e. The number of ether oxygens (including phenoxy) is 1. The van der Waals surface area contributed by atoms with Crippen molar-refractivity contribution in [1.82, 2.24) is 9.99 Å². The van der Waals surface area contributed by atoms with Crippen molar-refractivity contribution in [2.24, 2.45) is 5.10 Å². The van der Waals surface area contributed by atoms with E-state index < -0.39 is 0 Å². The van der Waals surface area contributed by atoms with Crippen LogP contribution in [0.15, 0.2) is 78.2 Å². The van der Waals surface area contributed by atoms with Crippen LogP contribution < -0.4 is 4.74 Å². The molecule has 0 bridgehead atoms. The van der Waals surface area contributed by atoms with Gasteiger partial charge < -0.3 is 4.74 Å². The fourth-order valence-corrected chi connectivity index (χ4v) is 3.73. The van der Waals surface area contributed by atoms with E-state index in [9.17, 15) is 0 Å². The Kier molecular flexibility index (Phi) is 3.64. The molecule has 4 nitrogen and oxygen atoms in total. The van der Waals surface area contributed by atoms with Crippen molar-refractivity contribution < 1.29 is 4.74 Å². The predicted octanol–water partition coefficient (Wildman–Crippen LogP) is 4.98. The number of nitrogens with zero attached hydrogens (tertiary/aromatic N) is 3. The summed E-state index contributed by atoms with van der Waals surface area (Å²) in [5.74, 6) is 0.917. The van der Waals surface area contributed by atoms with E-state index in [1.54, 1.807) is 12.4 Å². The first kappa shape index (κ1) is 15.4. The van der Waals surface area contributed by atoms with Crippen LogP contribution in [0.3, 0.4) is 0 Å². The summed E-state index contributed by atoms with van der Waals surface area (Å²) in [6, 6.07) is 20.1. The zero-order valence-corrected chi connectivity index (χ0v) is 14.7. The molecule has 128 valence electrons. The number of hydrogen-bond donors (Lipinski definition) is 0. The lowest BCUT2D eigenvalue weighted by atomic mass is 9.96. The normalized spacial score (nSPS) is 20.8. The van der Waals surface area contributed by atoms with Gasteiger partial charge in [-0.3, -0.25) is 4.98 Å². The second kappa shape index (κ2) is 6.15. The zero-order chi connectivity index (χ0) is 17.5. The third-order valence-electron chi connectivity index (χ3n) is 4.87. The van der Waals surface area contributed by atoms with Gasteiger partial charge in [0.15, 0.2) is 0 Å². The van der Waals surface area contributed by atoms with Gasteiger partial charge in [-0.25, -0.2) is 5.01 Å². The van der Waals surface area contributed by atoms with E-state index in [1.807, 2.05) is 54.6 Å². The van der Waals surface area contributed by atoms with Crippen LogP contribution in [0.5, 0.6) is 5.75 Å². The molecule has 2 aromatic carbocycles.